The number of Topliss-reactive ketones (excluding diaryl/α,β-unsaturated/α-hetero) is 1. The molecule has 166 valence electrons. The van der Waals surface area contributed by atoms with Gasteiger partial charge in [0.1, 0.15) is 0 Å². The third-order valence-corrected chi connectivity index (χ3v) is 6.96. The number of piperidine rings is 1. The standard InChI is InChI=1S/C27H32N4O/c1-5-25(32)22-15-29-31-17(4)12-20(14-24(22)31)27-26(16(2)3)21-13-19(6-7-23(21)30-27)18-8-10-28-11-9-18/h6-7,12-16,18,28,30H,5,8-11H2,1-4H3. The van der Waals surface area contributed by atoms with E-state index < -0.39 is 0 Å². The Balaban J connectivity index is 1.69. The van der Waals surface area contributed by atoms with Gasteiger partial charge in [-0.15, -0.1) is 0 Å². The lowest BCUT2D eigenvalue weighted by Gasteiger charge is -2.23. The van der Waals surface area contributed by atoms with Gasteiger partial charge in [-0.25, -0.2) is 4.52 Å². The van der Waals surface area contributed by atoms with E-state index in [1.807, 2.05) is 11.4 Å². The molecule has 1 fully saturated rings. The molecule has 1 aromatic carbocycles. The number of hydrogen-bond acceptors (Lipinski definition) is 3. The molecule has 1 aliphatic rings. The van der Waals surface area contributed by atoms with Crippen molar-refractivity contribution in [3.05, 3.63) is 58.9 Å². The SMILES string of the molecule is CCC(=O)c1cnn2c(C)cc(-c3[nH]c4ccc(C5CCNCC5)cc4c3C(C)C)cc12. The first kappa shape index (κ1) is 21.0. The Hall–Kier alpha value is -2.92. The molecule has 0 spiro atoms. The average Bonchev–Trinajstić information content (AvgIpc) is 3.40. The molecule has 2 N–H and O–H groups in total. The van der Waals surface area contributed by atoms with Gasteiger partial charge >= 0.3 is 0 Å². The number of pyridine rings is 1. The second kappa shape index (κ2) is 8.21. The number of carbonyl (C=O) groups is 1. The lowest BCUT2D eigenvalue weighted by molar-refractivity contribution is 0.0989. The highest BCUT2D eigenvalue weighted by molar-refractivity contribution is 6.03. The first-order valence-electron chi connectivity index (χ1n) is 11.9. The molecule has 5 heteroatoms. The van der Waals surface area contributed by atoms with Crippen LogP contribution in [0.5, 0.6) is 0 Å². The van der Waals surface area contributed by atoms with Gasteiger partial charge in [0, 0.05) is 28.6 Å². The Kier molecular flexibility index (Phi) is 5.38. The van der Waals surface area contributed by atoms with Crippen LogP contribution in [0.4, 0.5) is 0 Å². The van der Waals surface area contributed by atoms with Crippen molar-refractivity contribution >= 4 is 22.2 Å². The van der Waals surface area contributed by atoms with Crippen molar-refractivity contribution in [1.29, 1.82) is 0 Å². The summed E-state index contributed by atoms with van der Waals surface area (Å²) in [5.74, 6) is 1.14. The average molecular weight is 429 g/mol. The van der Waals surface area contributed by atoms with Crippen LogP contribution in [0, 0.1) is 6.92 Å². The van der Waals surface area contributed by atoms with E-state index in [9.17, 15) is 4.79 Å². The summed E-state index contributed by atoms with van der Waals surface area (Å²) in [6.07, 6.45) is 4.59. The molecule has 3 aromatic heterocycles. The Bertz CT molecular complexity index is 1300. The number of hydrogen-bond donors (Lipinski definition) is 2. The minimum absolute atomic E-state index is 0.129. The Labute approximate surface area is 189 Å². The fourth-order valence-electron chi connectivity index (χ4n) is 5.27. The van der Waals surface area contributed by atoms with Crippen LogP contribution >= 0.6 is 0 Å². The van der Waals surface area contributed by atoms with Gasteiger partial charge in [-0.3, -0.25) is 4.79 Å². The van der Waals surface area contributed by atoms with Crippen molar-refractivity contribution in [1.82, 2.24) is 19.9 Å². The third-order valence-electron chi connectivity index (χ3n) is 6.96. The number of aryl methyl sites for hydroxylation is 1. The van der Waals surface area contributed by atoms with Gasteiger partial charge in [0.15, 0.2) is 5.78 Å². The maximum Gasteiger partial charge on any atom is 0.166 e. The van der Waals surface area contributed by atoms with Gasteiger partial charge in [0.2, 0.25) is 0 Å². The van der Waals surface area contributed by atoms with Crippen LogP contribution in [0.2, 0.25) is 0 Å². The number of ketones is 1. The Morgan fingerprint density at radius 1 is 1.19 bits per heavy atom. The van der Waals surface area contributed by atoms with Gasteiger partial charge in [0.25, 0.3) is 0 Å². The van der Waals surface area contributed by atoms with Crippen LogP contribution in [-0.2, 0) is 0 Å². The van der Waals surface area contributed by atoms with Crippen LogP contribution in [0.3, 0.4) is 0 Å². The molecule has 1 saturated heterocycles. The van der Waals surface area contributed by atoms with E-state index in [1.54, 1.807) is 6.20 Å². The molecule has 4 heterocycles. The molecule has 0 radical (unpaired) electrons. The predicted octanol–water partition coefficient (Wildman–Crippen LogP) is 5.97. The molecular formula is C27H32N4O. The molecule has 0 saturated carbocycles. The van der Waals surface area contributed by atoms with Crippen molar-refractivity contribution in [3.63, 3.8) is 0 Å². The van der Waals surface area contributed by atoms with Gasteiger partial charge in [-0.1, -0.05) is 26.8 Å². The number of H-pyrrole nitrogens is 1. The molecule has 0 bridgehead atoms. The highest BCUT2D eigenvalue weighted by atomic mass is 16.1. The number of fused-ring (bicyclic) bond motifs is 2. The number of carbonyl (C=O) groups excluding carboxylic acids is 1. The third kappa shape index (κ3) is 3.45. The maximum atomic E-state index is 12.5. The second-order valence-corrected chi connectivity index (χ2v) is 9.42. The molecule has 32 heavy (non-hydrogen) atoms. The molecule has 4 aromatic rings. The summed E-state index contributed by atoms with van der Waals surface area (Å²) >= 11 is 0. The summed E-state index contributed by atoms with van der Waals surface area (Å²) in [5.41, 5.74) is 8.85. The number of nitrogens with zero attached hydrogens (tertiary/aromatic N) is 2. The summed E-state index contributed by atoms with van der Waals surface area (Å²) < 4.78 is 1.87. The molecule has 5 rings (SSSR count). The predicted molar refractivity (Wildman–Crippen MR) is 131 cm³/mol. The van der Waals surface area contributed by atoms with Gasteiger partial charge in [-0.2, -0.15) is 5.10 Å². The van der Waals surface area contributed by atoms with E-state index in [4.69, 9.17) is 0 Å². The first-order valence-corrected chi connectivity index (χ1v) is 11.9. The molecule has 0 atom stereocenters. The zero-order chi connectivity index (χ0) is 22.4. The summed E-state index contributed by atoms with van der Waals surface area (Å²) in [7, 11) is 0. The van der Waals surface area contributed by atoms with Gasteiger partial charge in [-0.05, 0) is 80.1 Å². The minimum atomic E-state index is 0.129. The smallest absolute Gasteiger partial charge is 0.166 e. The highest BCUT2D eigenvalue weighted by Crippen LogP contribution is 2.38. The molecule has 0 amide bonds. The Morgan fingerprint density at radius 2 is 1.97 bits per heavy atom. The topological polar surface area (TPSA) is 62.2 Å². The summed E-state index contributed by atoms with van der Waals surface area (Å²) in [4.78, 5) is 16.2. The normalized spacial score (nSPS) is 15.3. The van der Waals surface area contributed by atoms with Crippen LogP contribution in [0.15, 0.2) is 36.5 Å². The molecule has 5 nitrogen and oxygen atoms in total. The van der Waals surface area contributed by atoms with Crippen LogP contribution in [0.1, 0.15) is 79.0 Å². The van der Waals surface area contributed by atoms with Crippen molar-refractivity contribution in [3.8, 4) is 11.3 Å². The molecule has 0 aliphatic carbocycles. The zero-order valence-electron chi connectivity index (χ0n) is 19.5. The monoisotopic (exact) mass is 428 g/mol. The van der Waals surface area contributed by atoms with E-state index in [-0.39, 0.29) is 5.78 Å². The first-order chi connectivity index (χ1) is 15.5. The van der Waals surface area contributed by atoms with E-state index >= 15 is 0 Å². The van der Waals surface area contributed by atoms with Gasteiger partial charge < -0.3 is 10.3 Å². The van der Waals surface area contributed by atoms with Crippen molar-refractivity contribution in [2.75, 3.05) is 13.1 Å². The van der Waals surface area contributed by atoms with Gasteiger partial charge in [0.05, 0.1) is 23.0 Å². The lowest BCUT2D eigenvalue weighted by Crippen LogP contribution is -2.26. The number of aromatic amines is 1. The minimum Gasteiger partial charge on any atom is -0.354 e. The van der Waals surface area contributed by atoms with Crippen molar-refractivity contribution in [2.24, 2.45) is 0 Å². The molecule has 0 unspecified atom stereocenters. The van der Waals surface area contributed by atoms with Crippen LogP contribution in [0.25, 0.3) is 27.7 Å². The lowest BCUT2D eigenvalue weighted by atomic mass is 9.88. The van der Waals surface area contributed by atoms with E-state index in [2.05, 4.69) is 66.5 Å². The number of aromatic nitrogens is 3. The number of benzene rings is 1. The second-order valence-electron chi connectivity index (χ2n) is 9.42. The van der Waals surface area contributed by atoms with Crippen molar-refractivity contribution < 1.29 is 4.79 Å². The van der Waals surface area contributed by atoms with E-state index in [0.717, 1.165) is 35.6 Å². The summed E-state index contributed by atoms with van der Waals surface area (Å²) in [6.45, 7) is 10.7. The summed E-state index contributed by atoms with van der Waals surface area (Å²) in [5, 5.41) is 9.26. The van der Waals surface area contributed by atoms with E-state index in [1.165, 1.54) is 34.9 Å². The fraction of sp³-hybridized carbons (Fsp3) is 0.407. The zero-order valence-corrected chi connectivity index (χ0v) is 19.5. The number of nitrogens with one attached hydrogen (secondary N) is 2. The van der Waals surface area contributed by atoms with Crippen LogP contribution in [-0.4, -0.2) is 33.5 Å². The fourth-order valence-corrected chi connectivity index (χ4v) is 5.27. The summed E-state index contributed by atoms with van der Waals surface area (Å²) in [6, 6.07) is 11.2. The highest BCUT2D eigenvalue weighted by Gasteiger charge is 2.21. The van der Waals surface area contributed by atoms with E-state index in [0.29, 0.717) is 23.8 Å². The quantitative estimate of drug-likeness (QED) is 0.385. The largest absolute Gasteiger partial charge is 0.354 e. The molecule has 1 aliphatic heterocycles. The number of rotatable bonds is 5. The Morgan fingerprint density at radius 3 is 2.69 bits per heavy atom. The maximum absolute atomic E-state index is 12.5. The van der Waals surface area contributed by atoms with Crippen LogP contribution < -0.4 is 5.32 Å². The van der Waals surface area contributed by atoms with Crippen molar-refractivity contribution in [2.45, 2.75) is 58.8 Å². The molecular weight excluding hydrogens is 396 g/mol.